The van der Waals surface area contributed by atoms with Gasteiger partial charge < -0.3 is 0 Å². The van der Waals surface area contributed by atoms with Crippen LogP contribution in [0.5, 0.6) is 0 Å². The van der Waals surface area contributed by atoms with Crippen LogP contribution in [0.1, 0.15) is 33.6 Å². The van der Waals surface area contributed by atoms with Crippen molar-refractivity contribution in [2.75, 3.05) is 0 Å². The third kappa shape index (κ3) is 5.77. The number of rotatable bonds is 6. The number of pyridine rings is 1. The highest BCUT2D eigenvalue weighted by Crippen LogP contribution is 2.65. The molecule has 0 N–H and O–H groups in total. The van der Waals surface area contributed by atoms with E-state index in [1.807, 2.05) is 13.1 Å². The molecule has 0 saturated carbocycles. The summed E-state index contributed by atoms with van der Waals surface area (Å²) in [6.45, 7) is 4.10. The fourth-order valence-electron chi connectivity index (χ4n) is 10.4. The van der Waals surface area contributed by atoms with Crippen molar-refractivity contribution < 1.29 is 0 Å². The van der Waals surface area contributed by atoms with Gasteiger partial charge in [-0.1, -0.05) is 188 Å². The summed E-state index contributed by atoms with van der Waals surface area (Å²) < 4.78 is 0. The summed E-state index contributed by atoms with van der Waals surface area (Å²) in [6.07, 6.45) is 1.98. The molecule has 0 amide bonds. The van der Waals surface area contributed by atoms with Crippen LogP contribution in [0.2, 0.25) is 0 Å². The summed E-state index contributed by atoms with van der Waals surface area (Å²) in [5.74, 6) is 0.736. The Morgan fingerprint density at radius 1 is 0.317 bits per heavy atom. The summed E-state index contributed by atoms with van der Waals surface area (Å²) in [6, 6.07) is 75.0. The van der Waals surface area contributed by atoms with E-state index in [-0.39, 0.29) is 0 Å². The molecule has 63 heavy (non-hydrogen) atoms. The number of benzene rings is 8. The van der Waals surface area contributed by atoms with E-state index >= 15 is 0 Å². The maximum absolute atomic E-state index is 5.33. The largest absolute Gasteiger partial charge is 0.261 e. The molecular weight excluding hydrogens is 763 g/mol. The Labute approximate surface area is 368 Å². The molecule has 10 aromatic rings. The minimum atomic E-state index is -0.535. The molecular formula is C60H41N3. The standard InChI is InChI=1S/C60H41N3/c1-38-29-30-45(37-61-38)47-20-7-6-19-46(47)43-17-12-18-44(36-43)48-23-13-27-54-57(48)49-21-8-10-25-52(49)60(54)53-26-11-9-22-50(53)58-51(24-14-28-55(58)60)59-62-39(2)35-56(63-59)42-33-31-41(32-34-42)40-15-4-3-5-16-40/h3-37H,1-2H3. The first-order chi connectivity index (χ1) is 31.1. The molecule has 2 aliphatic carbocycles. The number of hydrogen-bond donors (Lipinski definition) is 0. The van der Waals surface area contributed by atoms with Crippen molar-refractivity contribution in [2.24, 2.45) is 0 Å². The number of hydrogen-bond acceptors (Lipinski definition) is 3. The van der Waals surface area contributed by atoms with Gasteiger partial charge in [0, 0.05) is 34.3 Å². The van der Waals surface area contributed by atoms with Crippen LogP contribution < -0.4 is 0 Å². The van der Waals surface area contributed by atoms with Crippen molar-refractivity contribution in [3.63, 3.8) is 0 Å². The van der Waals surface area contributed by atoms with E-state index in [9.17, 15) is 0 Å². The van der Waals surface area contributed by atoms with Gasteiger partial charge in [0.25, 0.3) is 0 Å². The second-order valence-electron chi connectivity index (χ2n) is 16.8. The van der Waals surface area contributed by atoms with E-state index in [0.29, 0.717) is 0 Å². The predicted molar refractivity (Wildman–Crippen MR) is 258 cm³/mol. The third-order valence-electron chi connectivity index (χ3n) is 13.2. The fourth-order valence-corrected chi connectivity index (χ4v) is 10.4. The molecule has 12 rings (SSSR count). The van der Waals surface area contributed by atoms with Crippen LogP contribution in [0.4, 0.5) is 0 Å². The van der Waals surface area contributed by atoms with Gasteiger partial charge in [-0.2, -0.15) is 0 Å². The second kappa shape index (κ2) is 14.6. The molecule has 0 radical (unpaired) electrons. The lowest BCUT2D eigenvalue weighted by atomic mass is 9.70. The quantitative estimate of drug-likeness (QED) is 0.168. The van der Waals surface area contributed by atoms with Gasteiger partial charge in [-0.15, -0.1) is 0 Å². The van der Waals surface area contributed by atoms with Crippen LogP contribution in [0, 0.1) is 13.8 Å². The van der Waals surface area contributed by atoms with E-state index in [1.165, 1.54) is 83.5 Å². The van der Waals surface area contributed by atoms with Crippen LogP contribution in [-0.2, 0) is 5.41 Å². The monoisotopic (exact) mass is 803 g/mol. The van der Waals surface area contributed by atoms with Crippen molar-refractivity contribution >= 4 is 0 Å². The molecule has 0 saturated heterocycles. The van der Waals surface area contributed by atoms with Crippen LogP contribution in [0.15, 0.2) is 212 Å². The minimum Gasteiger partial charge on any atom is -0.261 e. The summed E-state index contributed by atoms with van der Waals surface area (Å²) in [5, 5.41) is 0. The Hall–Kier alpha value is -8.01. The van der Waals surface area contributed by atoms with E-state index in [1.54, 1.807) is 0 Å². The topological polar surface area (TPSA) is 38.7 Å². The van der Waals surface area contributed by atoms with Crippen molar-refractivity contribution in [1.29, 1.82) is 0 Å². The highest BCUT2D eigenvalue weighted by Gasteiger charge is 2.52. The van der Waals surface area contributed by atoms with Gasteiger partial charge in [0.15, 0.2) is 5.82 Å². The van der Waals surface area contributed by atoms with Gasteiger partial charge in [0.2, 0.25) is 0 Å². The highest BCUT2D eigenvalue weighted by molar-refractivity contribution is 6.02. The Kier molecular flexibility index (Phi) is 8.52. The zero-order valence-corrected chi connectivity index (χ0v) is 35.0. The van der Waals surface area contributed by atoms with Crippen LogP contribution in [0.3, 0.4) is 0 Å². The summed E-state index contributed by atoms with van der Waals surface area (Å²) >= 11 is 0. The van der Waals surface area contributed by atoms with Crippen LogP contribution >= 0.6 is 0 Å². The van der Waals surface area contributed by atoms with Crippen molar-refractivity contribution in [1.82, 2.24) is 15.0 Å². The lowest BCUT2D eigenvalue weighted by molar-refractivity contribution is 0.794. The number of aryl methyl sites for hydroxylation is 2. The smallest absolute Gasteiger partial charge is 0.160 e. The minimum absolute atomic E-state index is 0.535. The van der Waals surface area contributed by atoms with Gasteiger partial charge in [-0.25, -0.2) is 9.97 Å². The second-order valence-corrected chi connectivity index (χ2v) is 16.8. The van der Waals surface area contributed by atoms with E-state index in [0.717, 1.165) is 39.6 Å². The average Bonchev–Trinajstić information content (AvgIpc) is 3.82. The molecule has 296 valence electrons. The first kappa shape index (κ1) is 36.8. The summed E-state index contributed by atoms with van der Waals surface area (Å²) in [4.78, 5) is 15.1. The lowest BCUT2D eigenvalue weighted by Gasteiger charge is -2.30. The first-order valence-corrected chi connectivity index (χ1v) is 21.7. The lowest BCUT2D eigenvalue weighted by Crippen LogP contribution is -2.25. The van der Waals surface area contributed by atoms with Gasteiger partial charge in [-0.3, -0.25) is 4.98 Å². The Bertz CT molecular complexity index is 3400. The molecule has 0 bridgehead atoms. The van der Waals surface area contributed by atoms with Gasteiger partial charge in [0.1, 0.15) is 0 Å². The van der Waals surface area contributed by atoms with E-state index in [2.05, 4.69) is 218 Å². The van der Waals surface area contributed by atoms with E-state index < -0.39 is 5.41 Å². The Morgan fingerprint density at radius 2 is 0.794 bits per heavy atom. The molecule has 3 heteroatoms. The molecule has 2 heterocycles. The highest BCUT2D eigenvalue weighted by atomic mass is 14.9. The molecule has 1 unspecified atom stereocenters. The number of aromatic nitrogens is 3. The van der Waals surface area contributed by atoms with Crippen molar-refractivity contribution in [3.05, 3.63) is 246 Å². The molecule has 0 aliphatic heterocycles. The Morgan fingerprint density at radius 3 is 1.46 bits per heavy atom. The zero-order valence-electron chi connectivity index (χ0n) is 35.0. The normalized spacial score (nSPS) is 14.3. The van der Waals surface area contributed by atoms with E-state index in [4.69, 9.17) is 9.97 Å². The molecule has 1 atom stereocenters. The molecule has 2 aliphatic rings. The molecule has 2 aromatic heterocycles. The van der Waals surface area contributed by atoms with Gasteiger partial charge >= 0.3 is 0 Å². The SMILES string of the molecule is Cc1ccc(-c2ccccc2-c2cccc(-c3cccc4c3-c3ccccc3C43c4ccccc4-c4c(-c5nc(C)cc(-c6ccc(-c7ccccc7)cc6)n5)cccc43)c2)cn1. The summed E-state index contributed by atoms with van der Waals surface area (Å²) in [7, 11) is 0. The van der Waals surface area contributed by atoms with Crippen molar-refractivity contribution in [3.8, 4) is 89.4 Å². The molecule has 3 nitrogen and oxygen atoms in total. The maximum Gasteiger partial charge on any atom is 0.160 e. The maximum atomic E-state index is 5.33. The predicted octanol–water partition coefficient (Wildman–Crippen LogP) is 14.8. The first-order valence-electron chi connectivity index (χ1n) is 21.7. The number of fused-ring (bicyclic) bond motifs is 10. The molecule has 0 fully saturated rings. The third-order valence-corrected chi connectivity index (χ3v) is 13.2. The fraction of sp³-hybridized carbons (Fsp3) is 0.0500. The molecule has 1 spiro atoms. The molecule has 8 aromatic carbocycles. The average molecular weight is 804 g/mol. The zero-order chi connectivity index (χ0) is 42.1. The van der Waals surface area contributed by atoms with Crippen LogP contribution in [-0.4, -0.2) is 15.0 Å². The summed E-state index contributed by atoms with van der Waals surface area (Å²) in [5.41, 5.74) is 24.0. The number of nitrogens with zero attached hydrogens (tertiary/aromatic N) is 3. The van der Waals surface area contributed by atoms with Gasteiger partial charge in [0.05, 0.1) is 11.1 Å². The van der Waals surface area contributed by atoms with Crippen molar-refractivity contribution in [2.45, 2.75) is 19.3 Å². The Balaban J connectivity index is 1.02. The van der Waals surface area contributed by atoms with Gasteiger partial charge in [-0.05, 0) is 115 Å². The van der Waals surface area contributed by atoms with Crippen LogP contribution in [0.25, 0.3) is 89.4 Å².